The van der Waals surface area contributed by atoms with Gasteiger partial charge in [0.1, 0.15) is 8.07 Å². The molecule has 0 amide bonds. The number of rotatable bonds is 2. The van der Waals surface area contributed by atoms with Crippen molar-refractivity contribution in [3.63, 3.8) is 0 Å². The van der Waals surface area contributed by atoms with Crippen molar-refractivity contribution in [3.8, 4) is 23.8 Å². The highest BCUT2D eigenvalue weighted by molar-refractivity contribution is 7.87. The Labute approximate surface area is 141 Å². The normalized spacial score (nSPS) is 11.4. The molecule has 0 unspecified atom stereocenters. The van der Waals surface area contributed by atoms with E-state index >= 15 is 0 Å². The molecule has 1 aromatic heterocycles. The first-order chi connectivity index (χ1) is 10.8. The first kappa shape index (κ1) is 22.2. The number of nitrogens with zero attached hydrogens (tertiary/aromatic N) is 1. The third-order valence-corrected chi connectivity index (χ3v) is 4.15. The van der Waals surface area contributed by atoms with Crippen LogP contribution >= 0.6 is 0 Å². The Kier molecular flexibility index (Phi) is 8.21. The summed E-state index contributed by atoms with van der Waals surface area (Å²) in [4.78, 5) is 0. The second-order valence-corrected chi connectivity index (χ2v) is 11.9. The molecule has 1 rings (SSSR count). The van der Waals surface area contributed by atoms with E-state index in [1.165, 1.54) is 0 Å². The molecule has 24 heavy (non-hydrogen) atoms. The second-order valence-electron chi connectivity index (χ2n) is 5.48. The molecule has 0 bridgehead atoms. The van der Waals surface area contributed by atoms with Crippen LogP contribution in [0.4, 0.5) is 13.2 Å². The van der Waals surface area contributed by atoms with Crippen LogP contribution in [0.1, 0.15) is 5.69 Å². The summed E-state index contributed by atoms with van der Waals surface area (Å²) in [7, 11) is -6.20. The first-order valence-electron chi connectivity index (χ1n) is 6.66. The van der Waals surface area contributed by atoms with E-state index in [0.29, 0.717) is 13.7 Å². The Balaban J connectivity index is 0.000000506. The van der Waals surface area contributed by atoms with Gasteiger partial charge in [0, 0.05) is 12.1 Å². The van der Waals surface area contributed by atoms with E-state index in [4.69, 9.17) is 6.42 Å². The Bertz CT molecular complexity index is 751. The number of aromatic nitrogens is 1. The van der Waals surface area contributed by atoms with Crippen LogP contribution in [0.2, 0.25) is 19.6 Å². The van der Waals surface area contributed by atoms with Crippen molar-refractivity contribution in [2.24, 2.45) is 0 Å². The molecule has 1 heterocycles. The average molecular weight is 378 g/mol. The van der Waals surface area contributed by atoms with Gasteiger partial charge in [0.25, 0.3) is 5.69 Å². The van der Waals surface area contributed by atoms with E-state index in [1.54, 1.807) is 0 Å². The van der Waals surface area contributed by atoms with Crippen LogP contribution in [0.15, 0.2) is 24.4 Å². The molecular formula is C15H19F3NO3SSi+. The van der Waals surface area contributed by atoms with Gasteiger partial charge in [-0.05, 0) is 17.9 Å². The van der Waals surface area contributed by atoms with Crippen molar-refractivity contribution >= 4 is 18.2 Å². The average Bonchev–Trinajstić information content (AvgIpc) is 2.45. The fraction of sp³-hybridized carbons (Fsp3) is 0.400. The zero-order chi connectivity index (χ0) is 19.0. The number of hydrogen-bond acceptors (Lipinski definition) is 3. The molecule has 0 aliphatic carbocycles. The Hall–Kier alpha value is -1.81. The molecular weight excluding hydrogens is 359 g/mol. The molecule has 0 N–H and O–H groups in total. The van der Waals surface area contributed by atoms with Crippen LogP contribution in [0.5, 0.6) is 0 Å². The van der Waals surface area contributed by atoms with Gasteiger partial charge in [0.05, 0.1) is 7.11 Å². The molecule has 0 radical (unpaired) electrons. The number of pyridine rings is 1. The summed E-state index contributed by atoms with van der Waals surface area (Å²) in [6.07, 6.45) is 7.27. The maximum atomic E-state index is 11.1. The molecule has 0 aliphatic rings. The summed E-state index contributed by atoms with van der Waals surface area (Å²) in [5.41, 5.74) is -0.969. The standard InChI is InChI=1S/C13H16NSi.C2H3F3O3S/c1-5-10-14-11-7-6-8-13(14)9-12-15(2,3)4;1-8-9(6,7)2(3,4)5/h1,6-8,11H,10H2,2-4H3;1H3/q+1;. The minimum Gasteiger partial charge on any atom is -0.267 e. The molecule has 132 valence electrons. The zero-order valence-corrected chi connectivity index (χ0v) is 15.6. The Morgan fingerprint density at radius 3 is 2.25 bits per heavy atom. The van der Waals surface area contributed by atoms with Crippen molar-refractivity contribution in [1.82, 2.24) is 0 Å². The monoisotopic (exact) mass is 378 g/mol. The van der Waals surface area contributed by atoms with Crippen molar-refractivity contribution in [1.29, 1.82) is 0 Å². The van der Waals surface area contributed by atoms with Gasteiger partial charge in [0.2, 0.25) is 6.54 Å². The SMILES string of the molecule is C#CC[n+]1ccccc1C#C[Si](C)(C)C.COS(=O)(=O)C(F)(F)F. The lowest BCUT2D eigenvalue weighted by Crippen LogP contribution is -2.36. The molecule has 4 nitrogen and oxygen atoms in total. The van der Waals surface area contributed by atoms with E-state index < -0.39 is 23.7 Å². The predicted molar refractivity (Wildman–Crippen MR) is 87.7 cm³/mol. The largest absolute Gasteiger partial charge is 0.523 e. The lowest BCUT2D eigenvalue weighted by atomic mass is 10.3. The minimum atomic E-state index is -5.34. The van der Waals surface area contributed by atoms with Gasteiger partial charge in [-0.3, -0.25) is 4.18 Å². The number of halogens is 3. The quantitative estimate of drug-likeness (QED) is 0.261. The van der Waals surface area contributed by atoms with Gasteiger partial charge < -0.3 is 0 Å². The van der Waals surface area contributed by atoms with E-state index in [-0.39, 0.29) is 0 Å². The van der Waals surface area contributed by atoms with Crippen molar-refractivity contribution in [3.05, 3.63) is 30.1 Å². The number of hydrogen-bond donors (Lipinski definition) is 0. The second kappa shape index (κ2) is 8.88. The maximum Gasteiger partial charge on any atom is 0.523 e. The summed E-state index contributed by atoms with van der Waals surface area (Å²) in [5, 5.41) is 0. The van der Waals surface area contributed by atoms with Crippen LogP contribution in [0.25, 0.3) is 0 Å². The maximum absolute atomic E-state index is 11.1. The number of terminal acetylenes is 1. The topological polar surface area (TPSA) is 47.2 Å². The molecule has 0 atom stereocenters. The first-order valence-corrected chi connectivity index (χ1v) is 11.6. The molecule has 0 spiro atoms. The van der Waals surface area contributed by atoms with Crippen LogP contribution in [0, 0.1) is 23.8 Å². The van der Waals surface area contributed by atoms with Gasteiger partial charge >= 0.3 is 15.6 Å². The highest BCUT2D eigenvalue weighted by atomic mass is 32.2. The molecule has 0 saturated carbocycles. The highest BCUT2D eigenvalue weighted by Crippen LogP contribution is 2.23. The van der Waals surface area contributed by atoms with Crippen molar-refractivity contribution < 1.29 is 30.3 Å². The molecule has 0 fully saturated rings. The Morgan fingerprint density at radius 1 is 1.29 bits per heavy atom. The molecule has 9 heteroatoms. The lowest BCUT2D eigenvalue weighted by Gasteiger charge is -2.02. The minimum absolute atomic E-state index is 0.447. The van der Waals surface area contributed by atoms with Gasteiger partial charge in [-0.1, -0.05) is 19.6 Å². The summed E-state index contributed by atoms with van der Waals surface area (Å²) < 4.78 is 57.9. The van der Waals surface area contributed by atoms with Crippen LogP contribution in [0.3, 0.4) is 0 Å². The molecule has 1 aromatic rings. The van der Waals surface area contributed by atoms with Crippen LogP contribution in [-0.2, 0) is 20.8 Å². The van der Waals surface area contributed by atoms with Crippen LogP contribution in [-0.4, -0.2) is 29.1 Å². The Morgan fingerprint density at radius 2 is 1.88 bits per heavy atom. The predicted octanol–water partition coefficient (Wildman–Crippen LogP) is 2.32. The third kappa shape index (κ3) is 8.16. The summed E-state index contributed by atoms with van der Waals surface area (Å²) in [6, 6.07) is 5.96. The van der Waals surface area contributed by atoms with Gasteiger partial charge in [-0.2, -0.15) is 26.2 Å². The fourth-order valence-electron chi connectivity index (χ4n) is 1.17. The zero-order valence-electron chi connectivity index (χ0n) is 13.8. The molecule has 0 aliphatic heterocycles. The van der Waals surface area contributed by atoms with E-state index in [2.05, 4.69) is 41.2 Å². The highest BCUT2D eigenvalue weighted by Gasteiger charge is 2.46. The van der Waals surface area contributed by atoms with E-state index in [9.17, 15) is 21.6 Å². The van der Waals surface area contributed by atoms with Crippen molar-refractivity contribution in [2.75, 3.05) is 7.11 Å². The summed E-state index contributed by atoms with van der Waals surface area (Å²) >= 11 is 0. The molecule has 0 saturated heterocycles. The lowest BCUT2D eigenvalue weighted by molar-refractivity contribution is -0.687. The van der Waals surface area contributed by atoms with Gasteiger partial charge in [-0.15, -0.1) is 12.0 Å². The number of alkyl halides is 3. The summed E-state index contributed by atoms with van der Waals surface area (Å²) in [5.74, 6) is 5.85. The van der Waals surface area contributed by atoms with Crippen LogP contribution < -0.4 is 4.57 Å². The fourth-order valence-corrected chi connectivity index (χ4v) is 1.86. The third-order valence-electron chi connectivity index (χ3n) is 2.27. The molecule has 0 aromatic carbocycles. The van der Waals surface area contributed by atoms with Gasteiger partial charge in [0.15, 0.2) is 6.20 Å². The van der Waals surface area contributed by atoms with E-state index in [0.717, 1.165) is 5.69 Å². The van der Waals surface area contributed by atoms with Gasteiger partial charge in [-0.25, -0.2) is 0 Å². The van der Waals surface area contributed by atoms with E-state index in [1.807, 2.05) is 29.0 Å². The summed E-state index contributed by atoms with van der Waals surface area (Å²) in [6.45, 7) is 7.27. The van der Waals surface area contributed by atoms with Crippen molar-refractivity contribution in [2.45, 2.75) is 31.7 Å². The smallest absolute Gasteiger partial charge is 0.267 e.